The molecule has 0 N–H and O–H groups in total. The zero-order chi connectivity index (χ0) is 14.1. The molecule has 2 aromatic carbocycles. The Morgan fingerprint density at radius 2 is 1.95 bits per heavy atom. The predicted octanol–water partition coefficient (Wildman–Crippen LogP) is 3.81. The molecular weight excluding hydrogens is 262 g/mol. The summed E-state index contributed by atoms with van der Waals surface area (Å²) in [6, 6.07) is 10.9. The van der Waals surface area contributed by atoms with Gasteiger partial charge in [-0.15, -0.1) is 0 Å². The Bertz CT molecular complexity index is 667. The Hall–Kier alpha value is -2.07. The summed E-state index contributed by atoms with van der Waals surface area (Å²) in [7, 11) is 0. The maximum atomic E-state index is 13.1. The average molecular weight is 274 g/mol. The van der Waals surface area contributed by atoms with Gasteiger partial charge in [-0.1, -0.05) is 24.3 Å². The van der Waals surface area contributed by atoms with Crippen LogP contribution in [0.25, 0.3) is 0 Å². The van der Waals surface area contributed by atoms with Crippen LogP contribution in [0.15, 0.2) is 42.5 Å². The van der Waals surface area contributed by atoms with Crippen LogP contribution < -0.4 is 0 Å². The van der Waals surface area contributed by atoms with Gasteiger partial charge in [0.2, 0.25) is 0 Å². The highest BCUT2D eigenvalue weighted by Gasteiger charge is 2.25. The molecule has 0 amide bonds. The van der Waals surface area contributed by atoms with Crippen molar-refractivity contribution in [2.24, 2.45) is 0 Å². The molecule has 0 fully saturated rings. The van der Waals surface area contributed by atoms with Gasteiger partial charge in [0.25, 0.3) is 0 Å². The molecule has 3 rings (SSSR count). The van der Waals surface area contributed by atoms with E-state index in [4.69, 9.17) is 4.74 Å². The lowest BCUT2D eigenvalue weighted by Gasteiger charge is -2.10. The Labute approximate surface area is 115 Å². The Morgan fingerprint density at radius 1 is 1.15 bits per heavy atom. The van der Waals surface area contributed by atoms with Crippen LogP contribution in [0.5, 0.6) is 0 Å². The summed E-state index contributed by atoms with van der Waals surface area (Å²) in [5, 5.41) is 0. The first-order chi connectivity index (χ1) is 9.65. The van der Waals surface area contributed by atoms with Gasteiger partial charge in [-0.05, 0) is 29.3 Å². The number of rotatable bonds is 3. The summed E-state index contributed by atoms with van der Waals surface area (Å²) in [5.74, 6) is -2.22. The first kappa shape index (κ1) is 12.9. The Kier molecular flexibility index (Phi) is 3.32. The van der Waals surface area contributed by atoms with Gasteiger partial charge in [-0.2, -0.15) is 0 Å². The molecule has 0 aromatic heterocycles. The second-order valence-corrected chi connectivity index (χ2v) is 4.75. The fourth-order valence-electron chi connectivity index (χ4n) is 2.38. The normalized spacial score (nSPS) is 17.0. The third-order valence-corrected chi connectivity index (χ3v) is 3.45. The summed E-state index contributed by atoms with van der Waals surface area (Å²) in [6.07, 6.45) is -0.186. The van der Waals surface area contributed by atoms with Crippen molar-refractivity contribution in [2.45, 2.75) is 19.1 Å². The van der Waals surface area contributed by atoms with E-state index >= 15 is 0 Å². The summed E-state index contributed by atoms with van der Waals surface area (Å²) in [4.78, 5) is 12.1. The molecule has 0 radical (unpaired) electrons. The number of ketones is 1. The van der Waals surface area contributed by atoms with E-state index in [1.165, 1.54) is 6.07 Å². The standard InChI is InChI=1S/C16H12F2O2/c17-13-6-5-10(7-14(13)18)15(19)8-16-12-4-2-1-3-11(12)9-20-16/h1-7,16H,8-9H2/t16-/m1/s1. The second kappa shape index (κ2) is 5.13. The van der Waals surface area contributed by atoms with E-state index in [9.17, 15) is 13.6 Å². The van der Waals surface area contributed by atoms with Crippen molar-refractivity contribution < 1.29 is 18.3 Å². The van der Waals surface area contributed by atoms with Gasteiger partial charge in [-0.25, -0.2) is 8.78 Å². The van der Waals surface area contributed by atoms with Gasteiger partial charge in [0.05, 0.1) is 12.7 Å². The minimum atomic E-state index is -1.01. The lowest BCUT2D eigenvalue weighted by Crippen LogP contribution is -2.07. The molecule has 1 aliphatic rings. The number of carbonyl (C=O) groups is 1. The fraction of sp³-hybridized carbons (Fsp3) is 0.188. The molecule has 20 heavy (non-hydrogen) atoms. The molecule has 1 heterocycles. The highest BCUT2D eigenvalue weighted by Crippen LogP contribution is 2.33. The minimum absolute atomic E-state index is 0.127. The van der Waals surface area contributed by atoms with E-state index < -0.39 is 11.6 Å². The number of fused-ring (bicyclic) bond motifs is 1. The van der Waals surface area contributed by atoms with Crippen molar-refractivity contribution >= 4 is 5.78 Å². The molecule has 0 bridgehead atoms. The number of ether oxygens (including phenoxy) is 1. The molecular formula is C16H12F2O2. The average Bonchev–Trinajstić information content (AvgIpc) is 2.85. The highest BCUT2D eigenvalue weighted by atomic mass is 19.2. The molecule has 1 atom stereocenters. The van der Waals surface area contributed by atoms with Crippen LogP contribution in [0.2, 0.25) is 0 Å². The number of hydrogen-bond acceptors (Lipinski definition) is 2. The fourth-order valence-corrected chi connectivity index (χ4v) is 2.38. The van der Waals surface area contributed by atoms with Crippen LogP contribution in [0.4, 0.5) is 8.78 Å². The Morgan fingerprint density at radius 3 is 2.75 bits per heavy atom. The molecule has 102 valence electrons. The van der Waals surface area contributed by atoms with Gasteiger partial charge < -0.3 is 4.74 Å². The SMILES string of the molecule is O=C(C[C@H]1OCc2ccccc21)c1ccc(F)c(F)c1. The summed E-state index contributed by atoms with van der Waals surface area (Å²) < 4.78 is 31.6. The molecule has 1 aliphatic heterocycles. The second-order valence-electron chi connectivity index (χ2n) is 4.75. The maximum Gasteiger partial charge on any atom is 0.165 e. The first-order valence-electron chi connectivity index (χ1n) is 6.33. The topological polar surface area (TPSA) is 26.3 Å². The van der Waals surface area contributed by atoms with Gasteiger partial charge in [0.1, 0.15) is 0 Å². The van der Waals surface area contributed by atoms with Crippen LogP contribution in [0, 0.1) is 11.6 Å². The van der Waals surface area contributed by atoms with E-state index in [-0.39, 0.29) is 23.9 Å². The van der Waals surface area contributed by atoms with Gasteiger partial charge >= 0.3 is 0 Å². The largest absolute Gasteiger partial charge is 0.368 e. The van der Waals surface area contributed by atoms with Crippen molar-refractivity contribution in [3.05, 3.63) is 70.8 Å². The first-order valence-corrected chi connectivity index (χ1v) is 6.33. The quantitative estimate of drug-likeness (QED) is 0.795. The zero-order valence-corrected chi connectivity index (χ0v) is 10.6. The van der Waals surface area contributed by atoms with Gasteiger partial charge in [0, 0.05) is 12.0 Å². The van der Waals surface area contributed by atoms with Crippen LogP contribution >= 0.6 is 0 Å². The maximum absolute atomic E-state index is 13.1. The Balaban J connectivity index is 1.79. The van der Waals surface area contributed by atoms with E-state index in [0.29, 0.717) is 6.61 Å². The van der Waals surface area contributed by atoms with Crippen LogP contribution in [-0.2, 0) is 11.3 Å². The van der Waals surface area contributed by atoms with Crippen molar-refractivity contribution in [1.82, 2.24) is 0 Å². The molecule has 0 spiro atoms. The highest BCUT2D eigenvalue weighted by molar-refractivity contribution is 5.96. The smallest absolute Gasteiger partial charge is 0.165 e. The van der Waals surface area contributed by atoms with Gasteiger partial charge in [-0.3, -0.25) is 4.79 Å². The van der Waals surface area contributed by atoms with Crippen molar-refractivity contribution in [2.75, 3.05) is 0 Å². The van der Waals surface area contributed by atoms with Crippen molar-refractivity contribution in [3.8, 4) is 0 Å². The molecule has 4 heteroatoms. The van der Waals surface area contributed by atoms with Crippen LogP contribution in [0.1, 0.15) is 34.0 Å². The summed E-state index contributed by atoms with van der Waals surface area (Å²) in [5.41, 5.74) is 2.22. The summed E-state index contributed by atoms with van der Waals surface area (Å²) >= 11 is 0. The van der Waals surface area contributed by atoms with Gasteiger partial charge in [0.15, 0.2) is 17.4 Å². The van der Waals surface area contributed by atoms with E-state index in [0.717, 1.165) is 23.3 Å². The van der Waals surface area contributed by atoms with E-state index in [1.54, 1.807) is 0 Å². The lowest BCUT2D eigenvalue weighted by molar-refractivity contribution is 0.0536. The lowest BCUT2D eigenvalue weighted by atomic mass is 9.98. The van der Waals surface area contributed by atoms with Crippen LogP contribution in [0.3, 0.4) is 0 Å². The molecule has 0 saturated carbocycles. The number of carbonyl (C=O) groups excluding carboxylic acids is 1. The number of hydrogen-bond donors (Lipinski definition) is 0. The van der Waals surface area contributed by atoms with Crippen molar-refractivity contribution in [1.29, 1.82) is 0 Å². The molecule has 0 unspecified atom stereocenters. The third kappa shape index (κ3) is 2.34. The van der Waals surface area contributed by atoms with E-state index in [2.05, 4.69) is 0 Å². The molecule has 2 aromatic rings. The number of Topliss-reactive ketones (excluding diaryl/α,β-unsaturated/α-hetero) is 1. The van der Waals surface area contributed by atoms with Crippen molar-refractivity contribution in [3.63, 3.8) is 0 Å². The van der Waals surface area contributed by atoms with E-state index in [1.807, 2.05) is 24.3 Å². The molecule has 0 saturated heterocycles. The number of halogens is 2. The molecule has 0 aliphatic carbocycles. The third-order valence-electron chi connectivity index (χ3n) is 3.45. The monoisotopic (exact) mass is 274 g/mol. The molecule has 2 nitrogen and oxygen atoms in total. The zero-order valence-electron chi connectivity index (χ0n) is 10.6. The van der Waals surface area contributed by atoms with Crippen LogP contribution in [-0.4, -0.2) is 5.78 Å². The summed E-state index contributed by atoms with van der Waals surface area (Å²) in [6.45, 7) is 0.478. The predicted molar refractivity (Wildman–Crippen MR) is 69.3 cm³/mol. The minimum Gasteiger partial charge on any atom is -0.368 e. The number of benzene rings is 2.